The number of aliphatic carboxylic acids is 1. The molecule has 0 radical (unpaired) electrons. The standard InChI is InChI=1S/C4H9NO3.C2H4O2.W/c1-5(2)3-8-4(6)7;1-2(3)4;/h3H2,1-2H3,(H,6,7);1H3,(H,3,4);. The molecule has 0 heterocycles. The smallest absolute Gasteiger partial charge is 0.481 e. The molecule has 2 N–H and O–H groups in total. The van der Waals surface area contributed by atoms with Gasteiger partial charge in [-0.2, -0.15) is 0 Å². The Hall–Kier alpha value is -0.612. The van der Waals surface area contributed by atoms with Gasteiger partial charge in [-0.1, -0.05) is 0 Å². The molecule has 0 unspecified atom stereocenters. The van der Waals surface area contributed by atoms with E-state index in [1.807, 2.05) is 0 Å². The summed E-state index contributed by atoms with van der Waals surface area (Å²) in [6, 6.07) is 0. The van der Waals surface area contributed by atoms with Gasteiger partial charge in [0.1, 0.15) is 6.73 Å². The van der Waals surface area contributed by atoms with Crippen LogP contribution in [-0.4, -0.2) is 48.1 Å². The predicted molar refractivity (Wildman–Crippen MR) is 41.0 cm³/mol. The van der Waals surface area contributed by atoms with Gasteiger partial charge in [0, 0.05) is 28.0 Å². The summed E-state index contributed by atoms with van der Waals surface area (Å²) in [5.74, 6) is -0.833. The van der Waals surface area contributed by atoms with Crippen molar-refractivity contribution in [1.29, 1.82) is 0 Å². The topological polar surface area (TPSA) is 87.1 Å². The van der Waals surface area contributed by atoms with Gasteiger partial charge in [-0.15, -0.1) is 0 Å². The van der Waals surface area contributed by atoms with Crippen molar-refractivity contribution >= 4 is 12.1 Å². The quantitative estimate of drug-likeness (QED) is 0.542. The van der Waals surface area contributed by atoms with Gasteiger partial charge in [0.05, 0.1) is 0 Å². The second kappa shape index (κ2) is 11.4. The monoisotopic (exact) mass is 363 g/mol. The molecule has 0 spiro atoms. The number of carboxylic acid groups (broad SMARTS) is 2. The number of carboxylic acids is 1. The van der Waals surface area contributed by atoms with Crippen molar-refractivity contribution in [1.82, 2.24) is 4.90 Å². The predicted octanol–water partition coefficient (Wildman–Crippen LogP) is 0.289. The molecule has 6 nitrogen and oxygen atoms in total. The van der Waals surface area contributed by atoms with Crippen LogP contribution >= 0.6 is 0 Å². The number of carbonyl (C=O) groups is 2. The van der Waals surface area contributed by atoms with Gasteiger partial charge < -0.3 is 14.9 Å². The summed E-state index contributed by atoms with van der Waals surface area (Å²) in [4.78, 5) is 20.3. The van der Waals surface area contributed by atoms with Crippen molar-refractivity contribution in [2.45, 2.75) is 6.92 Å². The van der Waals surface area contributed by atoms with E-state index in [0.29, 0.717) is 0 Å². The van der Waals surface area contributed by atoms with Crippen molar-refractivity contribution in [2.75, 3.05) is 20.8 Å². The molecule has 0 fully saturated rings. The molecule has 0 aliphatic rings. The van der Waals surface area contributed by atoms with E-state index in [1.54, 1.807) is 19.0 Å². The Morgan fingerprint density at radius 2 is 1.62 bits per heavy atom. The molecule has 0 bridgehead atoms. The summed E-state index contributed by atoms with van der Waals surface area (Å²) >= 11 is 0. The fourth-order valence-corrected chi connectivity index (χ4v) is 0.184. The third-order valence-electron chi connectivity index (χ3n) is 0.446. The summed E-state index contributed by atoms with van der Waals surface area (Å²) in [6.07, 6.45) is -1.24. The van der Waals surface area contributed by atoms with E-state index < -0.39 is 12.1 Å². The maximum absolute atomic E-state index is 9.65. The zero-order valence-electron chi connectivity index (χ0n) is 7.68. The third kappa shape index (κ3) is 52.1. The van der Waals surface area contributed by atoms with Crippen molar-refractivity contribution in [3.8, 4) is 0 Å². The summed E-state index contributed by atoms with van der Waals surface area (Å²) in [5, 5.41) is 15.3. The molecule has 0 atom stereocenters. The molecule has 0 aliphatic heterocycles. The van der Waals surface area contributed by atoms with Gasteiger partial charge in [0.15, 0.2) is 0 Å². The van der Waals surface area contributed by atoms with Crippen LogP contribution in [0, 0.1) is 0 Å². The van der Waals surface area contributed by atoms with Gasteiger partial charge in [0.2, 0.25) is 0 Å². The van der Waals surface area contributed by atoms with Crippen LogP contribution in [0.1, 0.15) is 6.92 Å². The van der Waals surface area contributed by atoms with E-state index >= 15 is 0 Å². The Labute approximate surface area is 90.7 Å². The summed E-state index contributed by atoms with van der Waals surface area (Å²) in [7, 11) is 3.45. The minimum atomic E-state index is -1.24. The zero-order chi connectivity index (χ0) is 10.1. The molecule has 78 valence electrons. The largest absolute Gasteiger partial charge is 0.507 e. The van der Waals surface area contributed by atoms with Crippen LogP contribution in [0.5, 0.6) is 0 Å². The first-order chi connectivity index (χ1) is 5.36. The van der Waals surface area contributed by atoms with Crippen molar-refractivity contribution in [2.24, 2.45) is 0 Å². The van der Waals surface area contributed by atoms with E-state index in [2.05, 4.69) is 4.74 Å². The number of ether oxygens (including phenoxy) is 1. The SMILES string of the molecule is CC(=O)O.CN(C)COC(=O)O.[W]. The number of hydrogen-bond acceptors (Lipinski definition) is 4. The molecule has 0 rings (SSSR count). The molecule has 13 heavy (non-hydrogen) atoms. The van der Waals surface area contributed by atoms with E-state index in [1.165, 1.54) is 0 Å². The first kappa shape index (κ1) is 18.2. The minimum Gasteiger partial charge on any atom is -0.481 e. The Morgan fingerprint density at radius 3 is 1.69 bits per heavy atom. The first-order valence-electron chi connectivity index (χ1n) is 3.06. The Balaban J connectivity index is -0.000000173. The minimum absolute atomic E-state index is 0. The van der Waals surface area contributed by atoms with Gasteiger partial charge in [-0.25, -0.2) is 4.79 Å². The van der Waals surface area contributed by atoms with Crippen LogP contribution in [0.25, 0.3) is 0 Å². The summed E-state index contributed by atoms with van der Waals surface area (Å²) < 4.78 is 4.15. The van der Waals surface area contributed by atoms with Crippen LogP contribution in [0.3, 0.4) is 0 Å². The summed E-state index contributed by atoms with van der Waals surface area (Å²) in [5.41, 5.74) is 0. The van der Waals surface area contributed by atoms with Gasteiger partial charge >= 0.3 is 6.16 Å². The molecule has 0 saturated heterocycles. The molecule has 0 aromatic carbocycles. The maximum Gasteiger partial charge on any atom is 0.507 e. The van der Waals surface area contributed by atoms with Gasteiger partial charge in [-0.3, -0.25) is 9.69 Å². The fourth-order valence-electron chi connectivity index (χ4n) is 0.184. The molecule has 0 amide bonds. The van der Waals surface area contributed by atoms with E-state index in [0.717, 1.165) is 6.92 Å². The molecular weight excluding hydrogens is 350 g/mol. The molecule has 7 heteroatoms. The summed E-state index contributed by atoms with van der Waals surface area (Å²) in [6.45, 7) is 1.20. The second-order valence-corrected chi connectivity index (χ2v) is 2.14. The van der Waals surface area contributed by atoms with Crippen LogP contribution < -0.4 is 0 Å². The van der Waals surface area contributed by atoms with E-state index in [9.17, 15) is 4.79 Å². The van der Waals surface area contributed by atoms with Crippen LogP contribution in [0.2, 0.25) is 0 Å². The normalized spacial score (nSPS) is 7.69. The van der Waals surface area contributed by atoms with E-state index in [-0.39, 0.29) is 27.8 Å². The molecule has 0 aromatic heterocycles. The second-order valence-electron chi connectivity index (χ2n) is 2.14. The Bertz CT molecular complexity index is 146. The van der Waals surface area contributed by atoms with Crippen molar-refractivity contribution < 1.29 is 45.6 Å². The van der Waals surface area contributed by atoms with Crippen molar-refractivity contribution in [3.05, 3.63) is 0 Å². The molecule has 0 aliphatic carbocycles. The average molecular weight is 363 g/mol. The Kier molecular flexibility index (Phi) is 16.0. The van der Waals surface area contributed by atoms with Gasteiger partial charge in [0.25, 0.3) is 5.97 Å². The maximum atomic E-state index is 9.65. The Morgan fingerprint density at radius 1 is 1.31 bits per heavy atom. The van der Waals surface area contributed by atoms with Crippen LogP contribution in [0.4, 0.5) is 4.79 Å². The average Bonchev–Trinajstić information content (AvgIpc) is 1.82. The molecule has 0 saturated carbocycles. The fraction of sp³-hybridized carbons (Fsp3) is 0.667. The number of rotatable bonds is 2. The van der Waals surface area contributed by atoms with Gasteiger partial charge in [-0.05, 0) is 14.1 Å². The number of hydrogen-bond donors (Lipinski definition) is 2. The van der Waals surface area contributed by atoms with E-state index in [4.69, 9.17) is 15.0 Å². The van der Waals surface area contributed by atoms with Crippen LogP contribution in [-0.2, 0) is 30.6 Å². The molecule has 0 aromatic rings. The van der Waals surface area contributed by atoms with Crippen LogP contribution in [0.15, 0.2) is 0 Å². The zero-order valence-corrected chi connectivity index (χ0v) is 10.6. The number of nitrogens with zero attached hydrogens (tertiary/aromatic N) is 1. The first-order valence-corrected chi connectivity index (χ1v) is 3.06. The third-order valence-corrected chi connectivity index (χ3v) is 0.446. The van der Waals surface area contributed by atoms with Crippen molar-refractivity contribution in [3.63, 3.8) is 0 Å². The molecular formula is C6H13NO5W.